The van der Waals surface area contributed by atoms with Gasteiger partial charge in [0.05, 0.1) is 46.8 Å². The molecule has 2 heterocycles. The first-order valence-corrected chi connectivity index (χ1v) is 15.3. The summed E-state index contributed by atoms with van der Waals surface area (Å²) in [5, 5.41) is 1.46. The quantitative estimate of drug-likeness (QED) is 0.101. The van der Waals surface area contributed by atoms with E-state index in [1.165, 1.54) is 32.1 Å². The third-order valence-corrected chi connectivity index (χ3v) is 7.35. The third-order valence-electron chi connectivity index (χ3n) is 7.35. The van der Waals surface area contributed by atoms with Crippen LogP contribution in [0.3, 0.4) is 0 Å². The maximum Gasteiger partial charge on any atom is 0.338 e. The molecule has 2 aromatic carbocycles. The van der Waals surface area contributed by atoms with E-state index in [0.717, 1.165) is 49.3 Å². The van der Waals surface area contributed by atoms with Gasteiger partial charge in [-0.1, -0.05) is 108 Å². The van der Waals surface area contributed by atoms with E-state index in [1.807, 2.05) is 48.5 Å². The predicted octanol–water partition coefficient (Wildman–Crippen LogP) is 9.09. The van der Waals surface area contributed by atoms with Gasteiger partial charge in [0.2, 0.25) is 0 Å². The molecule has 216 valence electrons. The van der Waals surface area contributed by atoms with E-state index in [9.17, 15) is 9.59 Å². The Labute approximate surface area is 243 Å². The van der Waals surface area contributed by atoms with Crippen LogP contribution in [-0.4, -0.2) is 35.1 Å². The minimum Gasteiger partial charge on any atom is -0.462 e. The first kappa shape index (κ1) is 30.2. The molecule has 0 unspecified atom stereocenters. The lowest BCUT2D eigenvalue weighted by atomic mass is 10.0. The second-order valence-electron chi connectivity index (χ2n) is 10.6. The average molecular weight is 555 g/mol. The molecule has 4 rings (SSSR count). The lowest BCUT2D eigenvalue weighted by Crippen LogP contribution is -2.10. The van der Waals surface area contributed by atoms with Gasteiger partial charge in [0.1, 0.15) is 0 Å². The van der Waals surface area contributed by atoms with Gasteiger partial charge in [-0.3, -0.25) is 0 Å². The van der Waals surface area contributed by atoms with E-state index >= 15 is 0 Å². The van der Waals surface area contributed by atoms with Gasteiger partial charge >= 0.3 is 11.9 Å². The Bertz CT molecular complexity index is 1450. The molecule has 0 aliphatic heterocycles. The van der Waals surface area contributed by atoms with E-state index in [0.29, 0.717) is 46.8 Å². The van der Waals surface area contributed by atoms with E-state index in [1.54, 1.807) is 12.1 Å². The summed E-state index contributed by atoms with van der Waals surface area (Å²) in [5.41, 5.74) is 3.25. The molecule has 0 fully saturated rings. The van der Waals surface area contributed by atoms with Crippen molar-refractivity contribution in [2.24, 2.45) is 0 Å². The molecule has 0 amide bonds. The van der Waals surface area contributed by atoms with Crippen LogP contribution >= 0.6 is 0 Å². The number of esters is 2. The molecule has 2 aromatic heterocycles. The van der Waals surface area contributed by atoms with E-state index < -0.39 is 0 Å². The lowest BCUT2D eigenvalue weighted by Gasteiger charge is -2.12. The van der Waals surface area contributed by atoms with Crippen molar-refractivity contribution in [2.75, 3.05) is 13.2 Å². The summed E-state index contributed by atoms with van der Waals surface area (Å²) in [6.07, 6.45) is 12.1. The summed E-state index contributed by atoms with van der Waals surface area (Å²) in [4.78, 5) is 36.1. The molecule has 0 spiro atoms. The fourth-order valence-electron chi connectivity index (χ4n) is 5.02. The molecular formula is C35H42N2O4. The van der Waals surface area contributed by atoms with Crippen LogP contribution in [0.15, 0.2) is 60.7 Å². The third kappa shape index (κ3) is 8.35. The lowest BCUT2D eigenvalue weighted by molar-refractivity contribution is 0.0490. The van der Waals surface area contributed by atoms with Gasteiger partial charge < -0.3 is 9.47 Å². The van der Waals surface area contributed by atoms with Crippen LogP contribution in [0.1, 0.15) is 105 Å². The van der Waals surface area contributed by atoms with Crippen molar-refractivity contribution in [3.8, 4) is 11.4 Å². The standard InChI is InChI=1S/C35H42N2O4/c1-3-5-7-9-11-17-23-41-35(39)29-25-33(37-31-21-15-13-19-27(29)31)32-24-28(26-18-12-14-20-30(26)36-32)34(38)40-22-16-10-8-6-4-2/h12-15,18-21,24-25H,3-11,16-17,22-23H2,1-2H3. The Balaban J connectivity index is 1.58. The van der Waals surface area contributed by atoms with Crippen LogP contribution in [0.5, 0.6) is 0 Å². The fraction of sp³-hybridized carbons (Fsp3) is 0.429. The molecule has 0 saturated heterocycles. The smallest absolute Gasteiger partial charge is 0.338 e. The summed E-state index contributed by atoms with van der Waals surface area (Å²) in [7, 11) is 0. The van der Waals surface area contributed by atoms with Crippen molar-refractivity contribution < 1.29 is 19.1 Å². The summed E-state index contributed by atoms with van der Waals surface area (Å²) in [6.45, 7) is 5.15. The molecule has 6 heteroatoms. The maximum atomic E-state index is 13.2. The second kappa shape index (κ2) is 15.8. The highest BCUT2D eigenvalue weighted by Crippen LogP contribution is 2.28. The number of nitrogens with zero attached hydrogens (tertiary/aromatic N) is 2. The molecule has 0 saturated carbocycles. The molecule has 0 radical (unpaired) electrons. The minimum absolute atomic E-state index is 0.373. The van der Waals surface area contributed by atoms with Gasteiger partial charge in [-0.2, -0.15) is 0 Å². The molecule has 0 aliphatic carbocycles. The summed E-state index contributed by atoms with van der Waals surface area (Å²) in [5.74, 6) is -0.749. The number of rotatable bonds is 16. The van der Waals surface area contributed by atoms with Crippen molar-refractivity contribution in [3.05, 3.63) is 71.8 Å². The van der Waals surface area contributed by atoms with Crippen LogP contribution in [-0.2, 0) is 9.47 Å². The highest BCUT2D eigenvalue weighted by Gasteiger charge is 2.19. The van der Waals surface area contributed by atoms with Crippen LogP contribution in [0.2, 0.25) is 0 Å². The number of para-hydroxylation sites is 2. The molecule has 0 N–H and O–H groups in total. The maximum absolute atomic E-state index is 13.2. The number of benzene rings is 2. The van der Waals surface area contributed by atoms with E-state index in [2.05, 4.69) is 13.8 Å². The molecule has 0 aliphatic rings. The van der Waals surface area contributed by atoms with Gasteiger partial charge in [-0.25, -0.2) is 19.6 Å². The fourth-order valence-corrected chi connectivity index (χ4v) is 5.02. The highest BCUT2D eigenvalue weighted by atomic mass is 16.5. The van der Waals surface area contributed by atoms with Gasteiger partial charge in [-0.15, -0.1) is 0 Å². The summed E-state index contributed by atoms with van der Waals surface area (Å²) in [6, 6.07) is 18.5. The molecule has 0 bridgehead atoms. The van der Waals surface area contributed by atoms with E-state index in [4.69, 9.17) is 19.4 Å². The number of hydrogen-bond acceptors (Lipinski definition) is 6. The summed E-state index contributed by atoms with van der Waals surface area (Å²) >= 11 is 0. The number of hydrogen-bond donors (Lipinski definition) is 0. The Morgan fingerprint density at radius 3 is 1.39 bits per heavy atom. The minimum atomic E-state index is -0.375. The normalized spacial score (nSPS) is 11.2. The Kier molecular flexibility index (Phi) is 11.7. The second-order valence-corrected chi connectivity index (χ2v) is 10.6. The van der Waals surface area contributed by atoms with Gasteiger partial charge in [0, 0.05) is 10.8 Å². The van der Waals surface area contributed by atoms with Gasteiger partial charge in [-0.05, 0) is 37.1 Å². The molecular weight excluding hydrogens is 512 g/mol. The zero-order valence-corrected chi connectivity index (χ0v) is 24.5. The number of fused-ring (bicyclic) bond motifs is 2. The SMILES string of the molecule is CCCCCCCCOC(=O)c1cc(-c2cc(C(=O)OCCCCCCC)c3ccccc3n2)nc2ccccc12. The van der Waals surface area contributed by atoms with Crippen LogP contribution in [0.25, 0.3) is 33.2 Å². The van der Waals surface area contributed by atoms with E-state index in [-0.39, 0.29) is 11.9 Å². The highest BCUT2D eigenvalue weighted by molar-refractivity contribution is 6.06. The number of carbonyl (C=O) groups excluding carboxylic acids is 2. The largest absolute Gasteiger partial charge is 0.462 e. The van der Waals surface area contributed by atoms with Crippen molar-refractivity contribution in [1.29, 1.82) is 0 Å². The van der Waals surface area contributed by atoms with Crippen molar-refractivity contribution in [1.82, 2.24) is 9.97 Å². The molecule has 41 heavy (non-hydrogen) atoms. The molecule has 4 aromatic rings. The van der Waals surface area contributed by atoms with Crippen LogP contribution in [0.4, 0.5) is 0 Å². The Morgan fingerprint density at radius 2 is 0.951 bits per heavy atom. The molecule has 0 atom stereocenters. The zero-order valence-electron chi connectivity index (χ0n) is 24.5. The van der Waals surface area contributed by atoms with Crippen molar-refractivity contribution in [2.45, 2.75) is 84.5 Å². The zero-order chi connectivity index (χ0) is 28.9. The number of carbonyl (C=O) groups is 2. The van der Waals surface area contributed by atoms with Gasteiger partial charge in [0.15, 0.2) is 0 Å². The average Bonchev–Trinajstić information content (AvgIpc) is 3.01. The summed E-state index contributed by atoms with van der Waals surface area (Å²) < 4.78 is 11.3. The Hall–Kier alpha value is -3.80. The topological polar surface area (TPSA) is 78.4 Å². The number of aromatic nitrogens is 2. The Morgan fingerprint density at radius 1 is 0.561 bits per heavy atom. The first-order valence-electron chi connectivity index (χ1n) is 15.3. The number of pyridine rings is 2. The number of ether oxygens (including phenoxy) is 2. The van der Waals surface area contributed by atoms with Crippen LogP contribution in [0, 0.1) is 0 Å². The predicted molar refractivity (Wildman–Crippen MR) is 165 cm³/mol. The number of unbranched alkanes of at least 4 members (excludes halogenated alkanes) is 9. The first-order chi connectivity index (χ1) is 20.1. The van der Waals surface area contributed by atoms with Crippen molar-refractivity contribution in [3.63, 3.8) is 0 Å². The van der Waals surface area contributed by atoms with Crippen LogP contribution < -0.4 is 0 Å². The molecule has 6 nitrogen and oxygen atoms in total. The van der Waals surface area contributed by atoms with Crippen molar-refractivity contribution >= 4 is 33.7 Å². The van der Waals surface area contributed by atoms with Gasteiger partial charge in [0.25, 0.3) is 0 Å². The monoisotopic (exact) mass is 554 g/mol.